The van der Waals surface area contributed by atoms with Gasteiger partial charge in [-0.15, -0.1) is 0 Å². The van der Waals surface area contributed by atoms with Gasteiger partial charge in [-0.2, -0.15) is 0 Å². The smallest absolute Gasteiger partial charge is 0.225 e. The number of sulfone groups is 1. The van der Waals surface area contributed by atoms with Gasteiger partial charge >= 0.3 is 0 Å². The summed E-state index contributed by atoms with van der Waals surface area (Å²) in [6.07, 6.45) is 1.58. The molecule has 1 heterocycles. The standard InChI is InChI=1S/C23H29N3O4S/c1-17-8-10-20(11-9-17)31(29,30)14-12-22(27)25-21-7-3-2-5-18(21)15-26-13-4-6-19(16-26)23(24)28/h2-3,5,7-11,19H,4,6,12-16H2,1H3,(H2,24,28)(H,25,27). The first-order valence-corrected chi connectivity index (χ1v) is 12.1. The number of rotatable bonds is 8. The Labute approximate surface area is 183 Å². The number of amides is 2. The number of carbonyl (C=O) groups excluding carboxylic acids is 2. The Morgan fingerprint density at radius 2 is 1.84 bits per heavy atom. The van der Waals surface area contributed by atoms with E-state index in [4.69, 9.17) is 5.73 Å². The minimum absolute atomic E-state index is 0.127. The van der Waals surface area contributed by atoms with E-state index in [1.807, 2.05) is 25.1 Å². The number of hydrogen-bond donors (Lipinski definition) is 2. The predicted octanol–water partition coefficient (Wildman–Crippen LogP) is 2.49. The zero-order valence-electron chi connectivity index (χ0n) is 17.7. The highest BCUT2D eigenvalue weighted by Gasteiger charge is 2.24. The molecule has 1 aliphatic heterocycles. The van der Waals surface area contributed by atoms with Crippen LogP contribution in [0.5, 0.6) is 0 Å². The van der Waals surface area contributed by atoms with E-state index < -0.39 is 9.84 Å². The molecular weight excluding hydrogens is 414 g/mol. The topological polar surface area (TPSA) is 110 Å². The number of nitrogens with zero attached hydrogens (tertiary/aromatic N) is 1. The van der Waals surface area contributed by atoms with E-state index in [1.165, 1.54) is 0 Å². The Morgan fingerprint density at radius 3 is 2.55 bits per heavy atom. The van der Waals surface area contributed by atoms with Crippen LogP contribution in [0.4, 0.5) is 5.69 Å². The van der Waals surface area contributed by atoms with Gasteiger partial charge in [0.2, 0.25) is 11.8 Å². The van der Waals surface area contributed by atoms with Crippen LogP contribution in [-0.2, 0) is 26.0 Å². The van der Waals surface area contributed by atoms with E-state index in [9.17, 15) is 18.0 Å². The first-order valence-electron chi connectivity index (χ1n) is 10.4. The lowest BCUT2D eigenvalue weighted by Crippen LogP contribution is -2.40. The molecule has 1 aliphatic rings. The van der Waals surface area contributed by atoms with Crippen molar-refractivity contribution < 1.29 is 18.0 Å². The fraction of sp³-hybridized carbons (Fsp3) is 0.391. The lowest BCUT2D eigenvalue weighted by molar-refractivity contribution is -0.123. The molecule has 3 rings (SSSR count). The van der Waals surface area contributed by atoms with E-state index in [2.05, 4.69) is 10.2 Å². The van der Waals surface area contributed by atoms with Crippen LogP contribution in [0, 0.1) is 12.8 Å². The zero-order chi connectivity index (χ0) is 22.4. The van der Waals surface area contributed by atoms with Gasteiger partial charge in [0.25, 0.3) is 0 Å². The highest BCUT2D eigenvalue weighted by molar-refractivity contribution is 7.91. The second kappa shape index (κ2) is 10.1. The summed E-state index contributed by atoms with van der Waals surface area (Å²) in [5.74, 6) is -1.03. The molecule has 2 aromatic rings. The lowest BCUT2D eigenvalue weighted by atomic mass is 9.97. The second-order valence-electron chi connectivity index (χ2n) is 8.06. The predicted molar refractivity (Wildman–Crippen MR) is 120 cm³/mol. The average molecular weight is 444 g/mol. The van der Waals surface area contributed by atoms with Gasteiger partial charge in [0.15, 0.2) is 9.84 Å². The van der Waals surface area contributed by atoms with Crippen molar-refractivity contribution in [1.29, 1.82) is 0 Å². The number of carbonyl (C=O) groups is 2. The van der Waals surface area contributed by atoms with Gasteiger partial charge in [-0.3, -0.25) is 14.5 Å². The van der Waals surface area contributed by atoms with E-state index in [-0.39, 0.29) is 34.8 Å². The molecule has 3 N–H and O–H groups in total. The van der Waals surface area contributed by atoms with Crippen molar-refractivity contribution >= 4 is 27.3 Å². The summed E-state index contributed by atoms with van der Waals surface area (Å²) in [6, 6.07) is 14.1. The van der Waals surface area contributed by atoms with Crippen molar-refractivity contribution in [3.8, 4) is 0 Å². The van der Waals surface area contributed by atoms with E-state index in [0.29, 0.717) is 18.8 Å². The SMILES string of the molecule is Cc1ccc(S(=O)(=O)CCC(=O)Nc2ccccc2CN2CCCC(C(N)=O)C2)cc1. The van der Waals surface area contributed by atoms with Crippen LogP contribution in [0.3, 0.4) is 0 Å². The molecule has 1 saturated heterocycles. The van der Waals surface area contributed by atoms with Gasteiger partial charge in [-0.1, -0.05) is 35.9 Å². The molecular formula is C23H29N3O4S. The Morgan fingerprint density at radius 1 is 1.13 bits per heavy atom. The normalized spacial score (nSPS) is 17.3. The minimum atomic E-state index is -3.52. The molecule has 2 aromatic carbocycles. The van der Waals surface area contributed by atoms with Crippen LogP contribution in [0.15, 0.2) is 53.4 Å². The summed E-state index contributed by atoms with van der Waals surface area (Å²) in [5.41, 5.74) is 8.01. The summed E-state index contributed by atoms with van der Waals surface area (Å²) in [6.45, 7) is 3.94. The molecule has 31 heavy (non-hydrogen) atoms. The molecule has 7 nitrogen and oxygen atoms in total. The molecule has 1 unspecified atom stereocenters. The average Bonchev–Trinajstić information content (AvgIpc) is 2.74. The van der Waals surface area contributed by atoms with Gasteiger partial charge < -0.3 is 11.1 Å². The number of anilines is 1. The number of primary amides is 1. The molecule has 1 atom stereocenters. The Bertz CT molecular complexity index is 1040. The van der Waals surface area contributed by atoms with Crippen LogP contribution < -0.4 is 11.1 Å². The molecule has 0 spiro atoms. The number of nitrogens with one attached hydrogen (secondary N) is 1. The molecule has 0 aromatic heterocycles. The second-order valence-corrected chi connectivity index (χ2v) is 10.2. The zero-order valence-corrected chi connectivity index (χ0v) is 18.5. The van der Waals surface area contributed by atoms with Gasteiger partial charge in [-0.25, -0.2) is 8.42 Å². The molecule has 8 heteroatoms. The summed E-state index contributed by atoms with van der Waals surface area (Å²) < 4.78 is 25.0. The summed E-state index contributed by atoms with van der Waals surface area (Å²) in [4.78, 5) is 26.4. The lowest BCUT2D eigenvalue weighted by Gasteiger charge is -2.31. The Hall–Kier alpha value is -2.71. The van der Waals surface area contributed by atoms with Crippen molar-refractivity contribution in [3.63, 3.8) is 0 Å². The van der Waals surface area contributed by atoms with Gasteiger partial charge in [0.05, 0.1) is 16.6 Å². The number of aryl methyl sites for hydroxylation is 1. The van der Waals surface area contributed by atoms with Crippen molar-refractivity contribution in [1.82, 2.24) is 4.90 Å². The van der Waals surface area contributed by atoms with Gasteiger partial charge in [-0.05, 0) is 50.1 Å². The van der Waals surface area contributed by atoms with Gasteiger partial charge in [0.1, 0.15) is 0 Å². The maximum Gasteiger partial charge on any atom is 0.225 e. The third-order valence-corrected chi connectivity index (χ3v) is 7.30. The van der Waals surface area contributed by atoms with E-state index in [1.54, 1.807) is 30.3 Å². The number of likely N-dealkylation sites (tertiary alicyclic amines) is 1. The van der Waals surface area contributed by atoms with Crippen molar-refractivity contribution in [3.05, 3.63) is 59.7 Å². The van der Waals surface area contributed by atoms with Crippen LogP contribution in [-0.4, -0.2) is 44.0 Å². The Kier molecular flexibility index (Phi) is 7.46. The van der Waals surface area contributed by atoms with Gasteiger partial charge in [0, 0.05) is 25.2 Å². The number of piperidine rings is 1. The number of hydrogen-bond acceptors (Lipinski definition) is 5. The third kappa shape index (κ3) is 6.38. The van der Waals surface area contributed by atoms with E-state index in [0.717, 1.165) is 30.5 Å². The molecule has 0 aliphatic carbocycles. The summed E-state index contributed by atoms with van der Waals surface area (Å²) in [5, 5.41) is 2.85. The molecule has 0 saturated carbocycles. The fourth-order valence-electron chi connectivity index (χ4n) is 3.76. The molecule has 2 amide bonds. The highest BCUT2D eigenvalue weighted by atomic mass is 32.2. The van der Waals surface area contributed by atoms with Crippen LogP contribution in [0.2, 0.25) is 0 Å². The largest absolute Gasteiger partial charge is 0.369 e. The first-order chi connectivity index (χ1) is 14.7. The Balaban J connectivity index is 1.60. The first kappa shape index (κ1) is 23.0. The van der Waals surface area contributed by atoms with Crippen molar-refractivity contribution in [2.75, 3.05) is 24.2 Å². The number of benzene rings is 2. The summed E-state index contributed by atoms with van der Waals surface area (Å²) in [7, 11) is -3.52. The van der Waals surface area contributed by atoms with Crippen molar-refractivity contribution in [2.24, 2.45) is 11.7 Å². The molecule has 0 bridgehead atoms. The van der Waals surface area contributed by atoms with Crippen molar-refractivity contribution in [2.45, 2.75) is 37.6 Å². The fourth-order valence-corrected chi connectivity index (χ4v) is 5.00. The molecule has 166 valence electrons. The van der Waals surface area contributed by atoms with Crippen LogP contribution in [0.25, 0.3) is 0 Å². The number of nitrogens with two attached hydrogens (primary N) is 1. The maximum atomic E-state index is 12.5. The maximum absolute atomic E-state index is 12.5. The van der Waals surface area contributed by atoms with Crippen LogP contribution in [0.1, 0.15) is 30.4 Å². The molecule has 0 radical (unpaired) electrons. The van der Waals surface area contributed by atoms with Crippen LogP contribution >= 0.6 is 0 Å². The third-order valence-electron chi connectivity index (χ3n) is 5.57. The quantitative estimate of drug-likeness (QED) is 0.651. The van der Waals surface area contributed by atoms with E-state index >= 15 is 0 Å². The monoisotopic (exact) mass is 443 g/mol. The highest BCUT2D eigenvalue weighted by Crippen LogP contribution is 2.22. The number of para-hydroxylation sites is 1. The summed E-state index contributed by atoms with van der Waals surface area (Å²) >= 11 is 0. The molecule has 1 fully saturated rings. The minimum Gasteiger partial charge on any atom is -0.369 e.